The molecule has 1 saturated heterocycles. The monoisotopic (exact) mass is 263 g/mol. The maximum Gasteiger partial charge on any atom is 0.419 e. The molecule has 0 spiro atoms. The Morgan fingerprint density at radius 1 is 1.21 bits per heavy atom. The molecule has 0 saturated carbocycles. The summed E-state index contributed by atoms with van der Waals surface area (Å²) < 4.78 is 12.1. The number of fused-ring (bicyclic) bond motifs is 1. The number of oxazole rings is 1. The van der Waals surface area contributed by atoms with E-state index < -0.39 is 0 Å². The van der Waals surface area contributed by atoms with Crippen molar-refractivity contribution in [3.05, 3.63) is 28.7 Å². The molecule has 0 amide bonds. The molecule has 3 rings (SSSR count). The summed E-state index contributed by atoms with van der Waals surface area (Å²) >= 11 is 0. The van der Waals surface area contributed by atoms with Crippen LogP contribution in [0.4, 0.5) is 5.69 Å². The Kier molecular flexibility index (Phi) is 3.27. The molecule has 19 heavy (non-hydrogen) atoms. The van der Waals surface area contributed by atoms with Gasteiger partial charge in [0, 0.05) is 31.9 Å². The van der Waals surface area contributed by atoms with Crippen LogP contribution in [-0.4, -0.2) is 42.3 Å². The average Bonchev–Trinajstić information content (AvgIpc) is 2.73. The molecule has 2 aromatic rings. The zero-order chi connectivity index (χ0) is 13.2. The quantitative estimate of drug-likeness (QED) is 0.817. The fourth-order valence-electron chi connectivity index (χ4n) is 2.36. The highest BCUT2D eigenvalue weighted by Gasteiger charge is 2.13. The molecular formula is C13H17N3O3. The second-order valence-corrected chi connectivity index (χ2v) is 4.70. The predicted molar refractivity (Wildman–Crippen MR) is 72.1 cm³/mol. The summed E-state index contributed by atoms with van der Waals surface area (Å²) in [7, 11) is 0. The Labute approximate surface area is 110 Å². The van der Waals surface area contributed by atoms with Crippen LogP contribution >= 0.6 is 0 Å². The van der Waals surface area contributed by atoms with Crippen molar-refractivity contribution >= 4 is 16.8 Å². The van der Waals surface area contributed by atoms with E-state index in [2.05, 4.69) is 4.90 Å². The van der Waals surface area contributed by atoms with Crippen LogP contribution in [0.5, 0.6) is 0 Å². The fourth-order valence-corrected chi connectivity index (χ4v) is 2.36. The number of anilines is 1. The van der Waals surface area contributed by atoms with Gasteiger partial charge in [0.05, 0.1) is 18.7 Å². The summed E-state index contributed by atoms with van der Waals surface area (Å²) in [6.45, 7) is 4.75. The highest BCUT2D eigenvalue weighted by Crippen LogP contribution is 2.16. The Morgan fingerprint density at radius 3 is 2.79 bits per heavy atom. The number of benzene rings is 1. The molecule has 6 nitrogen and oxygen atoms in total. The molecule has 1 aliphatic heterocycles. The number of nitrogen functional groups attached to an aromatic ring is 1. The predicted octanol–water partition coefficient (Wildman–Crippen LogP) is 0.509. The van der Waals surface area contributed by atoms with Crippen molar-refractivity contribution in [2.45, 2.75) is 6.54 Å². The molecule has 0 aliphatic carbocycles. The van der Waals surface area contributed by atoms with E-state index in [1.165, 1.54) is 0 Å². The summed E-state index contributed by atoms with van der Waals surface area (Å²) in [5.41, 5.74) is 7.74. The van der Waals surface area contributed by atoms with Crippen LogP contribution in [0.25, 0.3) is 11.1 Å². The van der Waals surface area contributed by atoms with Crippen molar-refractivity contribution in [1.29, 1.82) is 0 Å². The van der Waals surface area contributed by atoms with Gasteiger partial charge in [0.25, 0.3) is 0 Å². The van der Waals surface area contributed by atoms with Crippen LogP contribution in [0.3, 0.4) is 0 Å². The van der Waals surface area contributed by atoms with Crippen molar-refractivity contribution in [2.75, 3.05) is 38.6 Å². The highest BCUT2D eigenvalue weighted by atomic mass is 16.5. The average molecular weight is 263 g/mol. The number of hydrogen-bond donors (Lipinski definition) is 1. The number of nitrogens with two attached hydrogens (primary N) is 1. The van der Waals surface area contributed by atoms with Crippen LogP contribution in [0.15, 0.2) is 27.4 Å². The van der Waals surface area contributed by atoms with Gasteiger partial charge in [0.1, 0.15) is 0 Å². The van der Waals surface area contributed by atoms with Gasteiger partial charge < -0.3 is 14.9 Å². The molecule has 102 valence electrons. The molecule has 6 heteroatoms. The standard InChI is InChI=1S/C13H17N3O3/c14-10-1-2-12-11(9-10)16(13(17)19-12)4-3-15-5-7-18-8-6-15/h1-2,9H,3-8,14H2. The maximum absolute atomic E-state index is 11.8. The van der Waals surface area contributed by atoms with Crippen molar-refractivity contribution < 1.29 is 9.15 Å². The molecule has 1 aromatic heterocycles. The van der Waals surface area contributed by atoms with Crippen LogP contribution in [-0.2, 0) is 11.3 Å². The third kappa shape index (κ3) is 2.50. The summed E-state index contributed by atoms with van der Waals surface area (Å²) in [5, 5.41) is 0. The first-order valence-corrected chi connectivity index (χ1v) is 6.43. The van der Waals surface area contributed by atoms with Gasteiger partial charge in [-0.05, 0) is 18.2 Å². The van der Waals surface area contributed by atoms with E-state index in [-0.39, 0.29) is 5.76 Å². The third-order valence-electron chi connectivity index (χ3n) is 3.43. The minimum atomic E-state index is -0.325. The van der Waals surface area contributed by atoms with Crippen LogP contribution < -0.4 is 11.5 Å². The first-order chi connectivity index (χ1) is 9.24. The summed E-state index contributed by atoms with van der Waals surface area (Å²) in [5.74, 6) is -0.325. The Bertz CT molecular complexity index is 626. The number of aromatic nitrogens is 1. The Hall–Kier alpha value is -1.79. The zero-order valence-corrected chi connectivity index (χ0v) is 10.7. The SMILES string of the molecule is Nc1ccc2oc(=O)n(CCN3CCOCC3)c2c1. The second-order valence-electron chi connectivity index (χ2n) is 4.70. The van der Waals surface area contributed by atoms with E-state index in [9.17, 15) is 4.79 Å². The lowest BCUT2D eigenvalue weighted by Gasteiger charge is -2.26. The maximum atomic E-state index is 11.8. The van der Waals surface area contributed by atoms with Gasteiger partial charge in [-0.1, -0.05) is 0 Å². The highest BCUT2D eigenvalue weighted by molar-refractivity contribution is 5.76. The van der Waals surface area contributed by atoms with Crippen LogP contribution in [0, 0.1) is 0 Å². The number of morpholine rings is 1. The van der Waals surface area contributed by atoms with Crippen LogP contribution in [0.1, 0.15) is 0 Å². The Morgan fingerprint density at radius 2 is 2.00 bits per heavy atom. The molecule has 2 heterocycles. The lowest BCUT2D eigenvalue weighted by molar-refractivity contribution is 0.0363. The van der Waals surface area contributed by atoms with E-state index >= 15 is 0 Å². The zero-order valence-electron chi connectivity index (χ0n) is 10.7. The lowest BCUT2D eigenvalue weighted by Crippen LogP contribution is -2.38. The topological polar surface area (TPSA) is 73.6 Å². The Balaban J connectivity index is 1.81. The van der Waals surface area contributed by atoms with Gasteiger partial charge in [-0.25, -0.2) is 4.79 Å². The van der Waals surface area contributed by atoms with Crippen molar-refractivity contribution in [1.82, 2.24) is 9.47 Å². The molecule has 1 aromatic carbocycles. The first kappa shape index (κ1) is 12.3. The number of hydrogen-bond acceptors (Lipinski definition) is 5. The molecule has 0 atom stereocenters. The third-order valence-corrected chi connectivity index (χ3v) is 3.43. The molecular weight excluding hydrogens is 246 g/mol. The van der Waals surface area contributed by atoms with Gasteiger partial charge in [0.15, 0.2) is 5.58 Å². The fraction of sp³-hybridized carbons (Fsp3) is 0.462. The van der Waals surface area contributed by atoms with Crippen molar-refractivity contribution in [3.63, 3.8) is 0 Å². The minimum Gasteiger partial charge on any atom is -0.408 e. The molecule has 1 aliphatic rings. The molecule has 2 N–H and O–H groups in total. The van der Waals surface area contributed by atoms with E-state index in [1.807, 2.05) is 0 Å². The number of nitrogens with zero attached hydrogens (tertiary/aromatic N) is 2. The summed E-state index contributed by atoms with van der Waals surface area (Å²) in [4.78, 5) is 14.1. The number of ether oxygens (including phenoxy) is 1. The molecule has 1 fully saturated rings. The normalized spacial score (nSPS) is 17.1. The van der Waals surface area contributed by atoms with Gasteiger partial charge in [-0.15, -0.1) is 0 Å². The van der Waals surface area contributed by atoms with E-state index in [4.69, 9.17) is 14.9 Å². The smallest absolute Gasteiger partial charge is 0.408 e. The summed E-state index contributed by atoms with van der Waals surface area (Å²) in [6, 6.07) is 5.24. The van der Waals surface area contributed by atoms with Gasteiger partial charge in [-0.3, -0.25) is 9.47 Å². The van der Waals surface area contributed by atoms with Gasteiger partial charge in [-0.2, -0.15) is 0 Å². The minimum absolute atomic E-state index is 0.325. The van der Waals surface area contributed by atoms with Gasteiger partial charge in [0.2, 0.25) is 0 Å². The van der Waals surface area contributed by atoms with E-state index in [1.54, 1.807) is 22.8 Å². The molecule has 0 unspecified atom stereocenters. The van der Waals surface area contributed by atoms with Crippen LogP contribution in [0.2, 0.25) is 0 Å². The van der Waals surface area contributed by atoms with Crippen molar-refractivity contribution in [2.24, 2.45) is 0 Å². The van der Waals surface area contributed by atoms with E-state index in [0.717, 1.165) is 38.4 Å². The second kappa shape index (κ2) is 5.07. The van der Waals surface area contributed by atoms with Gasteiger partial charge >= 0.3 is 5.76 Å². The number of rotatable bonds is 3. The van der Waals surface area contributed by atoms with E-state index in [0.29, 0.717) is 17.8 Å². The first-order valence-electron chi connectivity index (χ1n) is 6.43. The summed E-state index contributed by atoms with van der Waals surface area (Å²) in [6.07, 6.45) is 0. The molecule has 0 radical (unpaired) electrons. The van der Waals surface area contributed by atoms with Crippen molar-refractivity contribution in [3.8, 4) is 0 Å². The largest absolute Gasteiger partial charge is 0.419 e. The molecule has 0 bridgehead atoms. The lowest BCUT2D eigenvalue weighted by atomic mass is 10.3.